The second-order valence-corrected chi connectivity index (χ2v) is 5.51. The molecule has 0 spiro atoms. The average molecular weight is 261 g/mol. The lowest BCUT2D eigenvalue weighted by Gasteiger charge is -2.15. The highest BCUT2D eigenvalue weighted by molar-refractivity contribution is 7.16. The van der Waals surface area contributed by atoms with Gasteiger partial charge in [0.2, 0.25) is 5.91 Å². The average Bonchev–Trinajstić information content (AvgIpc) is 2.65. The van der Waals surface area contributed by atoms with Gasteiger partial charge in [0.15, 0.2) is 0 Å². The molecule has 2 atom stereocenters. The summed E-state index contributed by atoms with van der Waals surface area (Å²) in [5.41, 5.74) is 5.72. The number of amides is 1. The van der Waals surface area contributed by atoms with E-state index >= 15 is 0 Å². The standard InChI is InChI=1S/C11H17ClN2OS/c1-3-4-8(13)11(15)14-7(2)9-5-6-10(12)16-9/h5-8H,3-4,13H2,1-2H3,(H,14,15)/t7-,8+/m0/s1. The molecule has 0 saturated heterocycles. The van der Waals surface area contributed by atoms with Crippen LogP contribution in [0.15, 0.2) is 12.1 Å². The SMILES string of the molecule is CCC[C@@H](N)C(=O)N[C@@H](C)c1ccc(Cl)s1. The van der Waals surface area contributed by atoms with Gasteiger partial charge in [-0.2, -0.15) is 0 Å². The minimum absolute atomic E-state index is 0.0343. The van der Waals surface area contributed by atoms with Crippen molar-refractivity contribution in [3.05, 3.63) is 21.3 Å². The molecule has 1 rings (SSSR count). The number of hydrogen-bond donors (Lipinski definition) is 2. The van der Waals surface area contributed by atoms with Crippen LogP contribution in [0.25, 0.3) is 0 Å². The molecule has 1 amide bonds. The van der Waals surface area contributed by atoms with E-state index < -0.39 is 6.04 Å². The Kier molecular flexibility index (Phi) is 5.25. The van der Waals surface area contributed by atoms with Crippen LogP contribution in [-0.4, -0.2) is 11.9 Å². The Hall–Kier alpha value is -0.580. The maximum atomic E-state index is 11.7. The molecule has 0 aromatic carbocycles. The van der Waals surface area contributed by atoms with Crippen molar-refractivity contribution in [1.82, 2.24) is 5.32 Å². The Morgan fingerprint density at radius 1 is 1.62 bits per heavy atom. The number of thiophene rings is 1. The van der Waals surface area contributed by atoms with E-state index in [2.05, 4.69) is 5.32 Å². The molecule has 3 N–H and O–H groups in total. The molecule has 0 bridgehead atoms. The fourth-order valence-corrected chi connectivity index (χ4v) is 2.46. The van der Waals surface area contributed by atoms with Gasteiger partial charge >= 0.3 is 0 Å². The van der Waals surface area contributed by atoms with Gasteiger partial charge in [-0.3, -0.25) is 4.79 Å². The van der Waals surface area contributed by atoms with Gasteiger partial charge in [0.25, 0.3) is 0 Å². The molecule has 16 heavy (non-hydrogen) atoms. The highest BCUT2D eigenvalue weighted by Crippen LogP contribution is 2.26. The van der Waals surface area contributed by atoms with Crippen molar-refractivity contribution in [1.29, 1.82) is 0 Å². The molecule has 0 saturated carbocycles. The third-order valence-corrected chi connectivity index (χ3v) is 3.73. The van der Waals surface area contributed by atoms with Crippen molar-refractivity contribution in [3.63, 3.8) is 0 Å². The van der Waals surface area contributed by atoms with E-state index in [1.807, 2.05) is 26.0 Å². The summed E-state index contributed by atoms with van der Waals surface area (Å²) in [4.78, 5) is 12.7. The Bertz CT molecular complexity index is 354. The number of rotatable bonds is 5. The van der Waals surface area contributed by atoms with Crippen LogP contribution >= 0.6 is 22.9 Å². The zero-order valence-corrected chi connectivity index (χ0v) is 11.1. The summed E-state index contributed by atoms with van der Waals surface area (Å²) in [5, 5.41) is 2.88. The van der Waals surface area contributed by atoms with Crippen LogP contribution in [-0.2, 0) is 4.79 Å². The molecule has 0 aliphatic carbocycles. The second-order valence-electron chi connectivity index (χ2n) is 3.77. The molecule has 0 unspecified atom stereocenters. The van der Waals surface area contributed by atoms with E-state index in [9.17, 15) is 4.79 Å². The fraction of sp³-hybridized carbons (Fsp3) is 0.545. The molecule has 1 aromatic rings. The number of nitrogens with one attached hydrogen (secondary N) is 1. The van der Waals surface area contributed by atoms with Crippen LogP contribution in [0, 0.1) is 0 Å². The maximum absolute atomic E-state index is 11.7. The molecular formula is C11H17ClN2OS. The summed E-state index contributed by atoms with van der Waals surface area (Å²) in [5.74, 6) is -0.0983. The smallest absolute Gasteiger partial charge is 0.237 e. The van der Waals surface area contributed by atoms with Gasteiger partial charge < -0.3 is 11.1 Å². The Morgan fingerprint density at radius 3 is 2.81 bits per heavy atom. The van der Waals surface area contributed by atoms with Crippen molar-refractivity contribution >= 4 is 28.8 Å². The lowest BCUT2D eigenvalue weighted by molar-refractivity contribution is -0.123. The summed E-state index contributed by atoms with van der Waals surface area (Å²) >= 11 is 7.31. The zero-order valence-electron chi connectivity index (χ0n) is 9.50. The predicted molar refractivity (Wildman–Crippen MR) is 68.8 cm³/mol. The normalized spacial score (nSPS) is 14.5. The highest BCUT2D eigenvalue weighted by Gasteiger charge is 2.16. The summed E-state index contributed by atoms with van der Waals surface area (Å²) < 4.78 is 0.731. The van der Waals surface area contributed by atoms with Crippen molar-refractivity contribution < 1.29 is 4.79 Å². The van der Waals surface area contributed by atoms with Crippen molar-refractivity contribution in [2.75, 3.05) is 0 Å². The van der Waals surface area contributed by atoms with E-state index in [1.165, 1.54) is 11.3 Å². The van der Waals surface area contributed by atoms with E-state index in [0.29, 0.717) is 6.42 Å². The van der Waals surface area contributed by atoms with Gasteiger partial charge in [0.05, 0.1) is 16.4 Å². The minimum Gasteiger partial charge on any atom is -0.347 e. The first-order chi connectivity index (χ1) is 7.54. The van der Waals surface area contributed by atoms with Crippen LogP contribution in [0.4, 0.5) is 0 Å². The second kappa shape index (κ2) is 6.23. The zero-order chi connectivity index (χ0) is 12.1. The van der Waals surface area contributed by atoms with Gasteiger partial charge in [0.1, 0.15) is 0 Å². The summed E-state index contributed by atoms with van der Waals surface area (Å²) in [6.45, 7) is 3.94. The van der Waals surface area contributed by atoms with E-state index in [-0.39, 0.29) is 11.9 Å². The molecule has 5 heteroatoms. The number of hydrogen-bond acceptors (Lipinski definition) is 3. The van der Waals surface area contributed by atoms with E-state index in [1.54, 1.807) is 0 Å². The summed E-state index contributed by atoms with van der Waals surface area (Å²) in [6.07, 6.45) is 1.62. The number of carbonyl (C=O) groups is 1. The molecule has 1 heterocycles. The molecule has 0 aliphatic heterocycles. The number of carbonyl (C=O) groups excluding carboxylic acids is 1. The molecule has 0 radical (unpaired) electrons. The summed E-state index contributed by atoms with van der Waals surface area (Å²) in [6, 6.07) is 3.30. The lowest BCUT2D eigenvalue weighted by atomic mass is 10.1. The molecule has 3 nitrogen and oxygen atoms in total. The Morgan fingerprint density at radius 2 is 2.31 bits per heavy atom. The Labute approximate surface area is 105 Å². The molecule has 1 aromatic heterocycles. The monoisotopic (exact) mass is 260 g/mol. The quantitative estimate of drug-likeness (QED) is 0.855. The number of halogens is 1. The van der Waals surface area contributed by atoms with Crippen LogP contribution in [0.2, 0.25) is 4.34 Å². The lowest BCUT2D eigenvalue weighted by Crippen LogP contribution is -2.41. The molecule has 0 fully saturated rings. The van der Waals surface area contributed by atoms with Crippen molar-refractivity contribution in [2.24, 2.45) is 5.73 Å². The van der Waals surface area contributed by atoms with Crippen LogP contribution in [0.3, 0.4) is 0 Å². The van der Waals surface area contributed by atoms with Crippen LogP contribution in [0.1, 0.15) is 37.6 Å². The van der Waals surface area contributed by atoms with Crippen LogP contribution < -0.4 is 11.1 Å². The predicted octanol–water partition coefficient (Wildman–Crippen LogP) is 2.71. The van der Waals surface area contributed by atoms with Crippen molar-refractivity contribution in [2.45, 2.75) is 38.8 Å². The molecule has 0 aliphatic rings. The topological polar surface area (TPSA) is 55.1 Å². The third-order valence-electron chi connectivity index (χ3n) is 2.32. The first-order valence-electron chi connectivity index (χ1n) is 5.35. The highest BCUT2D eigenvalue weighted by atomic mass is 35.5. The largest absolute Gasteiger partial charge is 0.347 e. The van der Waals surface area contributed by atoms with Crippen LogP contribution in [0.5, 0.6) is 0 Å². The maximum Gasteiger partial charge on any atom is 0.237 e. The van der Waals surface area contributed by atoms with E-state index in [0.717, 1.165) is 15.6 Å². The van der Waals surface area contributed by atoms with Gasteiger partial charge in [-0.05, 0) is 25.5 Å². The molecule has 90 valence electrons. The van der Waals surface area contributed by atoms with Gasteiger partial charge in [-0.15, -0.1) is 11.3 Å². The van der Waals surface area contributed by atoms with Gasteiger partial charge in [-0.1, -0.05) is 24.9 Å². The minimum atomic E-state index is -0.414. The fourth-order valence-electron chi connectivity index (χ4n) is 1.39. The summed E-state index contributed by atoms with van der Waals surface area (Å²) in [7, 11) is 0. The van der Waals surface area contributed by atoms with E-state index in [4.69, 9.17) is 17.3 Å². The first kappa shape index (κ1) is 13.5. The molecular weight excluding hydrogens is 244 g/mol. The first-order valence-corrected chi connectivity index (χ1v) is 6.55. The number of nitrogens with two attached hydrogens (primary N) is 1. The van der Waals surface area contributed by atoms with Gasteiger partial charge in [0, 0.05) is 4.88 Å². The van der Waals surface area contributed by atoms with Crippen molar-refractivity contribution in [3.8, 4) is 0 Å². The van der Waals surface area contributed by atoms with Gasteiger partial charge in [-0.25, -0.2) is 0 Å². The third kappa shape index (κ3) is 3.77. The Balaban J connectivity index is 2.51.